The highest BCUT2D eigenvalue weighted by molar-refractivity contribution is 7.89. The molecule has 5 nitrogen and oxygen atoms in total. The van der Waals surface area contributed by atoms with Crippen LogP contribution >= 0.6 is 0 Å². The molecular formula is C12H17NO4S. The van der Waals surface area contributed by atoms with Crippen molar-refractivity contribution in [3.63, 3.8) is 0 Å². The van der Waals surface area contributed by atoms with Crippen LogP contribution in [0.3, 0.4) is 0 Å². The normalized spacial score (nSPS) is 13.3. The molecule has 1 aromatic rings. The predicted molar refractivity (Wildman–Crippen MR) is 68.1 cm³/mol. The largest absolute Gasteiger partial charge is 0.480 e. The van der Waals surface area contributed by atoms with E-state index in [1.54, 1.807) is 19.1 Å². The number of hydrogen-bond acceptors (Lipinski definition) is 3. The Kier molecular flexibility index (Phi) is 4.13. The summed E-state index contributed by atoms with van der Waals surface area (Å²) in [4.78, 5) is 10.8. The number of rotatable bonds is 4. The maximum Gasteiger partial charge on any atom is 0.321 e. The first-order valence-electron chi connectivity index (χ1n) is 5.48. The number of sulfonamides is 1. The Hall–Kier alpha value is -1.40. The van der Waals surface area contributed by atoms with Gasteiger partial charge >= 0.3 is 5.97 Å². The van der Waals surface area contributed by atoms with Crippen LogP contribution in [0.25, 0.3) is 0 Å². The molecule has 0 aliphatic rings. The van der Waals surface area contributed by atoms with E-state index in [4.69, 9.17) is 5.11 Å². The zero-order valence-electron chi connectivity index (χ0n) is 10.8. The lowest BCUT2D eigenvalue weighted by atomic mass is 10.1. The summed E-state index contributed by atoms with van der Waals surface area (Å²) < 4.78 is 26.2. The van der Waals surface area contributed by atoms with Crippen LogP contribution in [0.2, 0.25) is 0 Å². The van der Waals surface area contributed by atoms with Crippen LogP contribution in [0.1, 0.15) is 23.6 Å². The molecule has 0 amide bonds. The summed E-state index contributed by atoms with van der Waals surface area (Å²) in [5.74, 6) is -1.21. The van der Waals surface area contributed by atoms with Crippen molar-refractivity contribution in [2.24, 2.45) is 0 Å². The number of aryl methyl sites for hydroxylation is 3. The molecule has 0 aliphatic carbocycles. The van der Waals surface area contributed by atoms with Gasteiger partial charge in [-0.25, -0.2) is 8.42 Å². The van der Waals surface area contributed by atoms with Crippen molar-refractivity contribution in [2.45, 2.75) is 38.6 Å². The van der Waals surface area contributed by atoms with Gasteiger partial charge in [0.05, 0.1) is 4.90 Å². The summed E-state index contributed by atoms with van der Waals surface area (Å²) in [7, 11) is -3.81. The van der Waals surface area contributed by atoms with Gasteiger partial charge in [-0.15, -0.1) is 0 Å². The van der Waals surface area contributed by atoms with Crippen molar-refractivity contribution in [1.29, 1.82) is 0 Å². The van der Waals surface area contributed by atoms with Gasteiger partial charge in [0.1, 0.15) is 6.04 Å². The van der Waals surface area contributed by atoms with Gasteiger partial charge in [-0.2, -0.15) is 4.72 Å². The molecule has 0 bridgehead atoms. The van der Waals surface area contributed by atoms with Gasteiger partial charge in [-0.3, -0.25) is 4.79 Å². The Balaban J connectivity index is 3.21. The fraction of sp³-hybridized carbons (Fsp3) is 0.417. The van der Waals surface area contributed by atoms with Crippen LogP contribution in [0, 0.1) is 20.8 Å². The van der Waals surface area contributed by atoms with E-state index in [1.165, 1.54) is 6.92 Å². The van der Waals surface area contributed by atoms with Gasteiger partial charge in [0.2, 0.25) is 10.0 Å². The molecule has 18 heavy (non-hydrogen) atoms. The number of carboxylic acid groups (broad SMARTS) is 1. The van der Waals surface area contributed by atoms with E-state index in [-0.39, 0.29) is 4.90 Å². The fourth-order valence-electron chi connectivity index (χ4n) is 1.57. The molecule has 0 aromatic heterocycles. The van der Waals surface area contributed by atoms with Crippen LogP contribution in [-0.4, -0.2) is 25.5 Å². The molecular weight excluding hydrogens is 254 g/mol. The van der Waals surface area contributed by atoms with Crippen molar-refractivity contribution in [3.8, 4) is 0 Å². The maximum absolute atomic E-state index is 12.1. The first-order valence-corrected chi connectivity index (χ1v) is 6.96. The molecule has 1 aromatic carbocycles. The molecule has 1 unspecified atom stereocenters. The second kappa shape index (κ2) is 5.07. The first-order chi connectivity index (χ1) is 8.15. The topological polar surface area (TPSA) is 83.5 Å². The van der Waals surface area contributed by atoms with E-state index in [1.807, 2.05) is 13.8 Å². The Labute approximate surface area is 107 Å². The molecule has 0 fully saturated rings. The maximum atomic E-state index is 12.1. The van der Waals surface area contributed by atoms with Crippen LogP contribution in [-0.2, 0) is 14.8 Å². The second-order valence-corrected chi connectivity index (χ2v) is 6.07. The second-order valence-electron chi connectivity index (χ2n) is 4.38. The highest BCUT2D eigenvalue weighted by Gasteiger charge is 2.23. The van der Waals surface area contributed by atoms with Crippen molar-refractivity contribution >= 4 is 16.0 Å². The predicted octanol–water partition coefficient (Wildman–Crippen LogP) is 1.36. The Morgan fingerprint density at radius 1 is 1.17 bits per heavy atom. The third kappa shape index (κ3) is 3.08. The average molecular weight is 271 g/mol. The van der Waals surface area contributed by atoms with Gasteiger partial charge in [0, 0.05) is 0 Å². The van der Waals surface area contributed by atoms with Gasteiger partial charge in [-0.05, 0) is 50.5 Å². The third-order valence-electron chi connectivity index (χ3n) is 2.78. The SMILES string of the molecule is Cc1cc(C)c(S(=O)(=O)NC(C)C(=O)O)cc1C. The smallest absolute Gasteiger partial charge is 0.321 e. The zero-order valence-corrected chi connectivity index (χ0v) is 11.6. The van der Waals surface area contributed by atoms with Gasteiger partial charge in [0.15, 0.2) is 0 Å². The molecule has 0 spiro atoms. The minimum absolute atomic E-state index is 0.124. The van der Waals surface area contributed by atoms with E-state index >= 15 is 0 Å². The monoisotopic (exact) mass is 271 g/mol. The first kappa shape index (κ1) is 14.7. The van der Waals surface area contributed by atoms with Crippen LogP contribution in [0.15, 0.2) is 17.0 Å². The minimum Gasteiger partial charge on any atom is -0.480 e. The molecule has 0 saturated carbocycles. The molecule has 0 radical (unpaired) electrons. The van der Waals surface area contributed by atoms with Crippen LogP contribution in [0.5, 0.6) is 0 Å². The van der Waals surface area contributed by atoms with Crippen LogP contribution in [0.4, 0.5) is 0 Å². The van der Waals surface area contributed by atoms with Crippen molar-refractivity contribution in [1.82, 2.24) is 4.72 Å². The van der Waals surface area contributed by atoms with Crippen LogP contribution < -0.4 is 4.72 Å². The number of aliphatic carboxylic acids is 1. The summed E-state index contributed by atoms with van der Waals surface area (Å²) in [6.07, 6.45) is 0. The standard InChI is InChI=1S/C12H17NO4S/c1-7-5-9(3)11(6-8(7)2)18(16,17)13-10(4)12(14)15/h5-6,10,13H,1-4H3,(H,14,15). The summed E-state index contributed by atoms with van der Waals surface area (Å²) in [6.45, 7) is 6.68. The van der Waals surface area contributed by atoms with E-state index in [0.717, 1.165) is 11.1 Å². The fourth-order valence-corrected chi connectivity index (χ4v) is 3.08. The lowest BCUT2D eigenvalue weighted by Crippen LogP contribution is -2.38. The average Bonchev–Trinajstić information content (AvgIpc) is 2.22. The van der Waals surface area contributed by atoms with Gasteiger partial charge in [0.25, 0.3) is 0 Å². The highest BCUT2D eigenvalue weighted by atomic mass is 32.2. The van der Waals surface area contributed by atoms with Crippen molar-refractivity contribution in [3.05, 3.63) is 28.8 Å². The number of nitrogens with one attached hydrogen (secondary N) is 1. The molecule has 6 heteroatoms. The summed E-state index contributed by atoms with van der Waals surface area (Å²) >= 11 is 0. The molecule has 0 heterocycles. The van der Waals surface area contributed by atoms with Gasteiger partial charge < -0.3 is 5.11 Å². The van der Waals surface area contributed by atoms with Crippen molar-refractivity contribution < 1.29 is 18.3 Å². The van der Waals surface area contributed by atoms with E-state index < -0.39 is 22.0 Å². The lowest BCUT2D eigenvalue weighted by Gasteiger charge is -2.13. The molecule has 2 N–H and O–H groups in total. The number of carboxylic acids is 1. The molecule has 1 rings (SSSR count). The summed E-state index contributed by atoms with van der Waals surface area (Å²) in [6, 6.07) is 2.17. The van der Waals surface area contributed by atoms with E-state index in [2.05, 4.69) is 4.72 Å². The van der Waals surface area contributed by atoms with E-state index in [9.17, 15) is 13.2 Å². The molecule has 1 atom stereocenters. The zero-order chi connectivity index (χ0) is 14.1. The minimum atomic E-state index is -3.81. The number of carbonyl (C=O) groups is 1. The van der Waals surface area contributed by atoms with E-state index in [0.29, 0.717) is 5.56 Å². The third-order valence-corrected chi connectivity index (χ3v) is 4.47. The quantitative estimate of drug-likeness (QED) is 0.866. The number of benzene rings is 1. The molecule has 0 saturated heterocycles. The number of hydrogen-bond donors (Lipinski definition) is 2. The lowest BCUT2D eigenvalue weighted by molar-refractivity contribution is -0.138. The summed E-state index contributed by atoms with van der Waals surface area (Å²) in [5, 5.41) is 8.73. The highest BCUT2D eigenvalue weighted by Crippen LogP contribution is 2.20. The van der Waals surface area contributed by atoms with Crippen molar-refractivity contribution in [2.75, 3.05) is 0 Å². The Bertz CT molecular complexity index is 578. The molecule has 100 valence electrons. The summed E-state index contributed by atoms with van der Waals surface area (Å²) in [5.41, 5.74) is 2.45. The molecule has 0 aliphatic heterocycles. The Morgan fingerprint density at radius 2 is 1.67 bits per heavy atom. The van der Waals surface area contributed by atoms with Gasteiger partial charge in [-0.1, -0.05) is 6.07 Å². The Morgan fingerprint density at radius 3 is 2.17 bits per heavy atom.